The normalized spacial score (nSPS) is 25.7. The molecule has 2 heterocycles. The van der Waals surface area contributed by atoms with Crippen LogP contribution < -0.4 is 21.7 Å². The highest BCUT2D eigenvalue weighted by Gasteiger charge is 2.70. The lowest BCUT2D eigenvalue weighted by molar-refractivity contribution is -0.145. The molecule has 5 rings (SSSR count). The first-order valence-corrected chi connectivity index (χ1v) is 18.7. The van der Waals surface area contributed by atoms with E-state index in [0.717, 1.165) is 32.1 Å². The van der Waals surface area contributed by atoms with Gasteiger partial charge < -0.3 is 31.0 Å². The van der Waals surface area contributed by atoms with Crippen LogP contribution in [0.3, 0.4) is 0 Å². The van der Waals surface area contributed by atoms with Gasteiger partial charge in [0.1, 0.15) is 22.7 Å². The Morgan fingerprint density at radius 2 is 1.71 bits per heavy atom. The van der Waals surface area contributed by atoms with Crippen LogP contribution in [-0.4, -0.2) is 78.8 Å². The molecule has 0 radical (unpaired) electrons. The number of urea groups is 1. The van der Waals surface area contributed by atoms with Gasteiger partial charge in [-0.15, -0.1) is 0 Å². The lowest BCUT2D eigenvalue weighted by atomic mass is 9.83. The van der Waals surface area contributed by atoms with E-state index in [9.17, 15) is 32.4 Å². The molecule has 48 heavy (non-hydrogen) atoms. The highest BCUT2D eigenvalue weighted by Crippen LogP contribution is 2.65. The van der Waals surface area contributed by atoms with Crippen LogP contribution in [0.5, 0.6) is 0 Å². The minimum Gasteiger partial charge on any atom is -0.468 e. The molecule has 266 valence electrons. The van der Waals surface area contributed by atoms with Crippen LogP contribution in [0.15, 0.2) is 21.6 Å². The first kappa shape index (κ1) is 35.9. The third-order valence-electron chi connectivity index (χ3n) is 11.1. The van der Waals surface area contributed by atoms with Gasteiger partial charge in [0.25, 0.3) is 5.91 Å². The summed E-state index contributed by atoms with van der Waals surface area (Å²) in [7, 11) is -3.80. The van der Waals surface area contributed by atoms with E-state index in [2.05, 4.69) is 16.0 Å². The smallest absolute Gasteiger partial charge is 0.315 e. The van der Waals surface area contributed by atoms with E-state index < -0.39 is 68.5 Å². The highest BCUT2D eigenvalue weighted by atomic mass is 32.2. The molecule has 14 heteroatoms. The van der Waals surface area contributed by atoms with Crippen molar-refractivity contribution in [1.82, 2.24) is 20.9 Å². The first-order chi connectivity index (χ1) is 22.3. The molecule has 5 amide bonds. The van der Waals surface area contributed by atoms with Gasteiger partial charge in [-0.05, 0) is 60.8 Å². The molecular formula is C34H51N5O8S. The molecule has 3 unspecified atom stereocenters. The van der Waals surface area contributed by atoms with Crippen molar-refractivity contribution in [3.63, 3.8) is 0 Å². The lowest BCUT2D eigenvalue weighted by Crippen LogP contribution is -2.63. The van der Waals surface area contributed by atoms with Crippen LogP contribution >= 0.6 is 0 Å². The summed E-state index contributed by atoms with van der Waals surface area (Å²) in [6.07, 6.45) is 6.78. The summed E-state index contributed by atoms with van der Waals surface area (Å²) in [6, 6.07) is -2.26. The number of aryl methyl sites for hydroxylation is 1. The zero-order valence-electron chi connectivity index (χ0n) is 28.9. The molecule has 0 spiro atoms. The lowest BCUT2D eigenvalue weighted by Gasteiger charge is -2.40. The molecule has 1 saturated heterocycles. The second-order valence-electron chi connectivity index (χ2n) is 16.2. The number of sulfone groups is 1. The number of likely N-dealkylation sites (tertiary alicyclic amines) is 1. The molecule has 3 aliphatic carbocycles. The predicted molar refractivity (Wildman–Crippen MR) is 176 cm³/mol. The Kier molecular flexibility index (Phi) is 9.56. The van der Waals surface area contributed by atoms with Crippen molar-refractivity contribution in [1.29, 1.82) is 0 Å². The van der Waals surface area contributed by atoms with Gasteiger partial charge in [-0.3, -0.25) is 19.2 Å². The summed E-state index contributed by atoms with van der Waals surface area (Å²) in [5.41, 5.74) is 3.26. The molecule has 13 nitrogen and oxygen atoms in total. The Balaban J connectivity index is 1.35. The zero-order chi connectivity index (χ0) is 35.4. The average molecular weight is 690 g/mol. The van der Waals surface area contributed by atoms with Gasteiger partial charge in [0.05, 0.1) is 23.6 Å². The van der Waals surface area contributed by atoms with Crippen molar-refractivity contribution in [2.45, 2.75) is 121 Å². The molecule has 0 bridgehead atoms. The fourth-order valence-electron chi connectivity index (χ4n) is 8.05. The van der Waals surface area contributed by atoms with E-state index in [1.54, 1.807) is 6.92 Å². The van der Waals surface area contributed by atoms with Crippen molar-refractivity contribution < 1.29 is 36.8 Å². The van der Waals surface area contributed by atoms with Crippen LogP contribution in [0, 0.1) is 35.5 Å². The van der Waals surface area contributed by atoms with Crippen molar-refractivity contribution in [3.05, 3.63) is 18.1 Å². The maximum Gasteiger partial charge on any atom is 0.315 e. The van der Waals surface area contributed by atoms with E-state index in [1.165, 1.54) is 17.2 Å². The van der Waals surface area contributed by atoms with Crippen LogP contribution in [0.1, 0.15) is 91.7 Å². The minimum absolute atomic E-state index is 0.0439. The number of Topliss-reactive ketones (excluding diaryl/α,β-unsaturated/α-hetero) is 1. The third-order valence-corrected chi connectivity index (χ3v) is 13.1. The van der Waals surface area contributed by atoms with E-state index >= 15 is 0 Å². The van der Waals surface area contributed by atoms with E-state index in [4.69, 9.17) is 10.2 Å². The Hall–Kier alpha value is -3.42. The van der Waals surface area contributed by atoms with Crippen LogP contribution in [-0.2, 0) is 29.0 Å². The Bertz CT molecular complexity index is 1570. The number of nitrogens with one attached hydrogen (secondary N) is 3. The van der Waals surface area contributed by atoms with Gasteiger partial charge >= 0.3 is 6.03 Å². The molecule has 1 aliphatic heterocycles. The standard InChI is InChI=1S/C34H51N5O8S/c1-19-23(12-15-47-19)48(45,46)18-34(13-8-7-9-14-34)38-31(44)37-27(32(2,3)4)30(43)39-17-21-24(33(21,5)6)25(39)29(42)36-22(16-20-10-11-20)26(40)28(35)41/h12,15,20-22,24-25,27H,7-11,13-14,16-18H2,1-6H3,(H2,35,41)(H,36,42)(H2,37,38,44)/t21?,22?,24?,25-,27+/m0/s1. The number of rotatable bonds is 12. The van der Waals surface area contributed by atoms with Crippen molar-refractivity contribution in [2.75, 3.05) is 12.3 Å². The number of ketones is 1. The molecule has 5 atom stereocenters. The van der Waals surface area contributed by atoms with Crippen LogP contribution in [0.2, 0.25) is 0 Å². The van der Waals surface area contributed by atoms with Crippen LogP contribution in [0.4, 0.5) is 4.79 Å². The van der Waals surface area contributed by atoms with Gasteiger partial charge in [0.15, 0.2) is 9.84 Å². The van der Waals surface area contributed by atoms with E-state index in [0.29, 0.717) is 25.8 Å². The number of carbonyl (C=O) groups excluding carboxylic acids is 5. The average Bonchev–Trinajstić information content (AvgIpc) is 3.73. The maximum absolute atomic E-state index is 14.4. The Morgan fingerprint density at radius 3 is 2.25 bits per heavy atom. The molecule has 4 fully saturated rings. The minimum atomic E-state index is -3.80. The fourth-order valence-corrected chi connectivity index (χ4v) is 10.0. The number of primary amides is 1. The van der Waals surface area contributed by atoms with Gasteiger partial charge in [-0.25, -0.2) is 13.2 Å². The largest absolute Gasteiger partial charge is 0.468 e. The second kappa shape index (κ2) is 12.8. The maximum atomic E-state index is 14.4. The van der Waals surface area contributed by atoms with Crippen molar-refractivity contribution >= 4 is 39.4 Å². The van der Waals surface area contributed by atoms with Crippen molar-refractivity contribution in [2.24, 2.45) is 34.3 Å². The van der Waals surface area contributed by atoms with Gasteiger partial charge in [0, 0.05) is 6.54 Å². The second-order valence-corrected chi connectivity index (χ2v) is 18.2. The van der Waals surface area contributed by atoms with E-state index in [-0.39, 0.29) is 39.6 Å². The monoisotopic (exact) mass is 689 g/mol. The van der Waals surface area contributed by atoms with Crippen LogP contribution in [0.25, 0.3) is 0 Å². The molecule has 1 aromatic rings. The Labute approximate surface area is 282 Å². The van der Waals surface area contributed by atoms with Crippen molar-refractivity contribution in [3.8, 4) is 0 Å². The number of hydrogen-bond donors (Lipinski definition) is 4. The number of nitrogens with zero attached hydrogens (tertiary/aromatic N) is 1. The zero-order valence-corrected chi connectivity index (χ0v) is 29.7. The summed E-state index contributed by atoms with van der Waals surface area (Å²) in [5.74, 6) is -2.84. The summed E-state index contributed by atoms with van der Waals surface area (Å²) in [4.78, 5) is 68.1. The summed E-state index contributed by atoms with van der Waals surface area (Å²) in [6.45, 7) is 11.4. The molecule has 1 aromatic heterocycles. The molecule has 4 aliphatic rings. The van der Waals surface area contributed by atoms with Gasteiger partial charge in [-0.2, -0.15) is 0 Å². The number of piperidine rings is 1. The fraction of sp³-hybridized carbons (Fsp3) is 0.735. The number of nitrogens with two attached hydrogens (primary N) is 1. The first-order valence-electron chi connectivity index (χ1n) is 17.1. The summed E-state index contributed by atoms with van der Waals surface area (Å²) in [5, 5.41) is 8.58. The molecular weight excluding hydrogens is 638 g/mol. The Morgan fingerprint density at radius 1 is 1.06 bits per heavy atom. The number of amides is 5. The topological polar surface area (TPSA) is 198 Å². The van der Waals surface area contributed by atoms with Gasteiger partial charge in [0.2, 0.25) is 17.6 Å². The number of carbonyl (C=O) groups is 5. The predicted octanol–water partition coefficient (Wildman–Crippen LogP) is 2.60. The summed E-state index contributed by atoms with van der Waals surface area (Å²) < 4.78 is 32.2. The number of fused-ring (bicyclic) bond motifs is 1. The quantitative estimate of drug-likeness (QED) is 0.240. The van der Waals surface area contributed by atoms with Gasteiger partial charge in [-0.1, -0.05) is 66.7 Å². The SMILES string of the molecule is Cc1occc1S(=O)(=O)CC1(NC(=O)N[C@H](C(=O)N2CC3C([C@H]2C(=O)NC(CC2CC2)C(=O)C(N)=O)C3(C)C)C(C)(C)C)CCCCC1. The number of hydrogen-bond acceptors (Lipinski definition) is 8. The third kappa shape index (κ3) is 7.28. The number of furan rings is 1. The summed E-state index contributed by atoms with van der Waals surface area (Å²) >= 11 is 0. The van der Waals surface area contributed by atoms with E-state index in [1.807, 2.05) is 34.6 Å². The molecule has 5 N–H and O–H groups in total. The molecule has 3 saturated carbocycles. The highest BCUT2D eigenvalue weighted by molar-refractivity contribution is 7.91. The molecule has 0 aromatic carbocycles.